The monoisotopic (exact) mass is 294 g/mol. The van der Waals surface area contributed by atoms with E-state index in [1.807, 2.05) is 6.92 Å². The van der Waals surface area contributed by atoms with Gasteiger partial charge in [-0.2, -0.15) is 0 Å². The maximum Gasteiger partial charge on any atom is 0.303 e. The molecule has 0 fully saturated rings. The van der Waals surface area contributed by atoms with Crippen LogP contribution in [-0.2, 0) is 4.79 Å². The van der Waals surface area contributed by atoms with Crippen molar-refractivity contribution in [3.63, 3.8) is 0 Å². The van der Waals surface area contributed by atoms with Gasteiger partial charge < -0.3 is 10.2 Å². The van der Waals surface area contributed by atoms with E-state index in [4.69, 9.17) is 10.2 Å². The first-order valence-electron chi connectivity index (χ1n) is 7.97. The Hall–Kier alpha value is -1.35. The molecule has 3 heteroatoms. The third-order valence-corrected chi connectivity index (χ3v) is 3.05. The van der Waals surface area contributed by atoms with Crippen LogP contribution >= 0.6 is 0 Å². The normalized spacial score (nSPS) is 13.6. The van der Waals surface area contributed by atoms with E-state index in [0.29, 0.717) is 0 Å². The quantitative estimate of drug-likeness (QED) is 0.384. The molecule has 0 aromatic heterocycles. The van der Waals surface area contributed by atoms with Crippen LogP contribution in [0, 0.1) is 0 Å². The van der Waals surface area contributed by atoms with E-state index in [0.717, 1.165) is 51.4 Å². The SMILES string of the molecule is CC(O)CCCC=CCC=CCC=CCCCCC(=O)O. The van der Waals surface area contributed by atoms with Gasteiger partial charge in [0.1, 0.15) is 0 Å². The fraction of sp³-hybridized carbons (Fsp3) is 0.611. The maximum absolute atomic E-state index is 10.3. The van der Waals surface area contributed by atoms with E-state index in [-0.39, 0.29) is 12.5 Å². The fourth-order valence-electron chi connectivity index (χ4n) is 1.85. The molecule has 0 aliphatic carbocycles. The Morgan fingerprint density at radius 3 is 1.95 bits per heavy atom. The first kappa shape index (κ1) is 19.7. The molecular formula is C18H30O3. The Labute approximate surface area is 129 Å². The van der Waals surface area contributed by atoms with Crippen LogP contribution in [0.2, 0.25) is 0 Å². The Morgan fingerprint density at radius 1 is 0.905 bits per heavy atom. The summed E-state index contributed by atoms with van der Waals surface area (Å²) in [4.78, 5) is 10.3. The van der Waals surface area contributed by atoms with Crippen molar-refractivity contribution in [2.75, 3.05) is 0 Å². The molecule has 0 spiro atoms. The minimum atomic E-state index is -0.708. The van der Waals surface area contributed by atoms with Gasteiger partial charge in [-0.3, -0.25) is 4.79 Å². The van der Waals surface area contributed by atoms with Crippen LogP contribution in [0.5, 0.6) is 0 Å². The number of aliphatic hydroxyl groups is 1. The van der Waals surface area contributed by atoms with Crippen LogP contribution in [0.1, 0.15) is 64.7 Å². The second kappa shape index (κ2) is 15.0. The average Bonchev–Trinajstić information content (AvgIpc) is 2.42. The van der Waals surface area contributed by atoms with E-state index in [2.05, 4.69) is 36.5 Å². The second-order valence-electron chi connectivity index (χ2n) is 5.31. The molecule has 0 rings (SSSR count). The minimum absolute atomic E-state index is 0.186. The summed E-state index contributed by atoms with van der Waals surface area (Å²) in [6.07, 6.45) is 20.5. The number of allylic oxidation sites excluding steroid dienone is 6. The number of carbonyl (C=O) groups is 1. The predicted molar refractivity (Wildman–Crippen MR) is 88.3 cm³/mol. The number of aliphatic hydroxyl groups excluding tert-OH is 1. The number of carboxylic acid groups (broad SMARTS) is 1. The Bertz CT molecular complexity index is 327. The molecule has 0 aliphatic rings. The predicted octanol–water partition coefficient (Wildman–Crippen LogP) is 4.63. The van der Waals surface area contributed by atoms with Crippen molar-refractivity contribution >= 4 is 5.97 Å². The van der Waals surface area contributed by atoms with Crippen LogP contribution in [0.3, 0.4) is 0 Å². The molecule has 0 amide bonds. The van der Waals surface area contributed by atoms with Crippen molar-refractivity contribution < 1.29 is 15.0 Å². The number of aliphatic carboxylic acids is 1. The largest absolute Gasteiger partial charge is 0.481 e. The summed E-state index contributed by atoms with van der Waals surface area (Å²) in [7, 11) is 0. The Kier molecular flexibility index (Phi) is 14.1. The van der Waals surface area contributed by atoms with Crippen LogP contribution < -0.4 is 0 Å². The summed E-state index contributed by atoms with van der Waals surface area (Å²) in [6, 6.07) is 0. The van der Waals surface area contributed by atoms with Crippen molar-refractivity contribution in [2.24, 2.45) is 0 Å². The van der Waals surface area contributed by atoms with Crippen molar-refractivity contribution in [3.8, 4) is 0 Å². The average molecular weight is 294 g/mol. The van der Waals surface area contributed by atoms with E-state index in [1.54, 1.807) is 0 Å². The van der Waals surface area contributed by atoms with Gasteiger partial charge in [0.2, 0.25) is 0 Å². The molecule has 0 aromatic carbocycles. The van der Waals surface area contributed by atoms with Crippen LogP contribution in [0.25, 0.3) is 0 Å². The minimum Gasteiger partial charge on any atom is -0.481 e. The lowest BCUT2D eigenvalue weighted by Gasteiger charge is -1.99. The third kappa shape index (κ3) is 18.6. The number of unbranched alkanes of at least 4 members (excludes halogenated alkanes) is 3. The molecule has 120 valence electrons. The molecule has 1 atom stereocenters. The van der Waals surface area contributed by atoms with Crippen LogP contribution in [0.4, 0.5) is 0 Å². The van der Waals surface area contributed by atoms with Crippen molar-refractivity contribution in [1.29, 1.82) is 0 Å². The fourth-order valence-corrected chi connectivity index (χ4v) is 1.85. The molecule has 0 saturated heterocycles. The van der Waals surface area contributed by atoms with Crippen LogP contribution in [0.15, 0.2) is 36.5 Å². The summed E-state index contributed by atoms with van der Waals surface area (Å²) in [5.74, 6) is -0.708. The molecule has 0 aliphatic heterocycles. The van der Waals surface area contributed by atoms with Gasteiger partial charge in [-0.15, -0.1) is 0 Å². The smallest absolute Gasteiger partial charge is 0.303 e. The molecule has 0 heterocycles. The summed E-state index contributed by atoms with van der Waals surface area (Å²) in [5.41, 5.74) is 0. The lowest BCUT2D eigenvalue weighted by molar-refractivity contribution is -0.137. The second-order valence-corrected chi connectivity index (χ2v) is 5.31. The summed E-state index contributed by atoms with van der Waals surface area (Å²) in [5, 5.41) is 17.6. The molecule has 0 radical (unpaired) electrons. The lowest BCUT2D eigenvalue weighted by atomic mass is 10.1. The first-order valence-corrected chi connectivity index (χ1v) is 7.97. The topological polar surface area (TPSA) is 57.5 Å². The Morgan fingerprint density at radius 2 is 1.43 bits per heavy atom. The van der Waals surface area contributed by atoms with Gasteiger partial charge in [-0.05, 0) is 58.3 Å². The highest BCUT2D eigenvalue weighted by atomic mass is 16.4. The molecular weight excluding hydrogens is 264 g/mol. The highest BCUT2D eigenvalue weighted by Crippen LogP contribution is 2.03. The summed E-state index contributed by atoms with van der Waals surface area (Å²) < 4.78 is 0. The maximum atomic E-state index is 10.3. The Balaban J connectivity index is 3.35. The molecule has 3 nitrogen and oxygen atoms in total. The third-order valence-electron chi connectivity index (χ3n) is 3.05. The van der Waals surface area contributed by atoms with Crippen molar-refractivity contribution in [2.45, 2.75) is 70.8 Å². The van der Waals surface area contributed by atoms with E-state index >= 15 is 0 Å². The highest BCUT2D eigenvalue weighted by Gasteiger charge is 1.94. The number of hydrogen-bond donors (Lipinski definition) is 2. The molecule has 21 heavy (non-hydrogen) atoms. The molecule has 0 bridgehead atoms. The van der Waals surface area contributed by atoms with Gasteiger partial charge in [-0.25, -0.2) is 0 Å². The number of carboxylic acids is 1. The zero-order valence-electron chi connectivity index (χ0n) is 13.2. The lowest BCUT2D eigenvalue weighted by Crippen LogP contribution is -1.97. The molecule has 0 aromatic rings. The zero-order valence-corrected chi connectivity index (χ0v) is 13.2. The molecule has 1 unspecified atom stereocenters. The van der Waals surface area contributed by atoms with Gasteiger partial charge in [0.15, 0.2) is 0 Å². The summed E-state index contributed by atoms with van der Waals surface area (Å²) >= 11 is 0. The highest BCUT2D eigenvalue weighted by molar-refractivity contribution is 5.66. The van der Waals surface area contributed by atoms with Gasteiger partial charge >= 0.3 is 5.97 Å². The first-order chi connectivity index (χ1) is 10.1. The summed E-state index contributed by atoms with van der Waals surface area (Å²) in [6.45, 7) is 1.83. The van der Waals surface area contributed by atoms with Crippen molar-refractivity contribution in [1.82, 2.24) is 0 Å². The van der Waals surface area contributed by atoms with Gasteiger partial charge in [0, 0.05) is 6.42 Å². The molecule has 2 N–H and O–H groups in total. The van der Waals surface area contributed by atoms with E-state index < -0.39 is 5.97 Å². The van der Waals surface area contributed by atoms with Crippen molar-refractivity contribution in [3.05, 3.63) is 36.5 Å². The van der Waals surface area contributed by atoms with E-state index in [1.165, 1.54) is 0 Å². The molecule has 0 saturated carbocycles. The standard InChI is InChI=1S/C18H30O3/c1-17(19)15-13-11-9-7-5-3-2-4-6-8-10-12-14-16-18(20)21/h2-3,6-9,17,19H,4-5,10-16H2,1H3,(H,20,21). The van der Waals surface area contributed by atoms with E-state index in [9.17, 15) is 4.79 Å². The van der Waals surface area contributed by atoms with Gasteiger partial charge in [0.05, 0.1) is 6.10 Å². The van der Waals surface area contributed by atoms with Crippen LogP contribution in [-0.4, -0.2) is 22.3 Å². The van der Waals surface area contributed by atoms with Gasteiger partial charge in [-0.1, -0.05) is 36.5 Å². The van der Waals surface area contributed by atoms with Gasteiger partial charge in [0.25, 0.3) is 0 Å². The zero-order chi connectivity index (χ0) is 15.8. The number of hydrogen-bond acceptors (Lipinski definition) is 2. The number of rotatable bonds is 13.